The monoisotopic (exact) mass is 604 g/mol. The van der Waals surface area contributed by atoms with Crippen LogP contribution in [0.1, 0.15) is 47.0 Å². The summed E-state index contributed by atoms with van der Waals surface area (Å²) in [5.41, 5.74) is 0.851. The van der Waals surface area contributed by atoms with Crippen molar-refractivity contribution in [2.45, 2.75) is 70.2 Å². The summed E-state index contributed by atoms with van der Waals surface area (Å²) in [6.45, 7) is 13.4. The Kier molecular flexibility index (Phi) is 7.80. The van der Waals surface area contributed by atoms with Crippen molar-refractivity contribution in [1.29, 1.82) is 5.26 Å². The van der Waals surface area contributed by atoms with Gasteiger partial charge in [0.1, 0.15) is 18.0 Å². The molecule has 3 aliphatic rings. The van der Waals surface area contributed by atoms with E-state index in [4.69, 9.17) is 28.4 Å². The van der Waals surface area contributed by atoms with Crippen molar-refractivity contribution in [3.8, 4) is 12.1 Å². The van der Waals surface area contributed by atoms with E-state index in [2.05, 4.69) is 24.6 Å². The van der Waals surface area contributed by atoms with Gasteiger partial charge in [-0.1, -0.05) is 6.58 Å². The maximum Gasteiger partial charge on any atom is 0.495 e. The first-order valence-corrected chi connectivity index (χ1v) is 15.1. The first kappa shape index (κ1) is 30.3. The number of furan rings is 1. The Morgan fingerprint density at radius 1 is 1.20 bits per heavy atom. The molecule has 2 aromatic heterocycles. The zero-order chi connectivity index (χ0) is 31.4. The highest BCUT2D eigenvalue weighted by atomic mass is 19.1. The molecule has 3 fully saturated rings. The van der Waals surface area contributed by atoms with Gasteiger partial charge < -0.3 is 33.2 Å². The molecular weight excluding hydrogens is 566 g/mol. The number of aromatic nitrogens is 2. The lowest BCUT2D eigenvalue weighted by Crippen LogP contribution is -2.55. The zero-order valence-corrected chi connectivity index (χ0v) is 25.9. The first-order valence-electron chi connectivity index (χ1n) is 15.1. The Hall–Kier alpha value is -3.73. The summed E-state index contributed by atoms with van der Waals surface area (Å²) in [6.07, 6.45) is 3.78. The Morgan fingerprint density at radius 2 is 1.95 bits per heavy atom. The lowest BCUT2D eigenvalue weighted by molar-refractivity contribution is -0.131. The second kappa shape index (κ2) is 11.3. The number of likely N-dealkylation sites (N-methyl/N-ethyl adjacent to an activating group) is 1. The Balaban J connectivity index is 1.45. The minimum absolute atomic E-state index is 0.0259. The van der Waals surface area contributed by atoms with Gasteiger partial charge in [0.2, 0.25) is 0 Å². The van der Waals surface area contributed by atoms with Crippen LogP contribution in [0.25, 0.3) is 21.9 Å². The summed E-state index contributed by atoms with van der Waals surface area (Å²) in [7, 11) is 1.43. The number of hydrogen-bond donors (Lipinski definition) is 0. The quantitative estimate of drug-likeness (QED) is 0.293. The number of rotatable bonds is 7. The van der Waals surface area contributed by atoms with Crippen molar-refractivity contribution in [2.24, 2.45) is 0 Å². The molecular formula is C31H38BFN6O5. The number of nitriles is 1. The smallest absolute Gasteiger partial charge is 0.464 e. The van der Waals surface area contributed by atoms with Crippen LogP contribution in [0.2, 0.25) is 0 Å². The molecule has 13 heteroatoms. The Labute approximate surface area is 256 Å². The molecule has 2 atom stereocenters. The number of carbonyl (C=O) groups is 1. The van der Waals surface area contributed by atoms with E-state index in [1.165, 1.54) is 4.90 Å². The van der Waals surface area contributed by atoms with Crippen molar-refractivity contribution >= 4 is 46.2 Å². The maximum absolute atomic E-state index is 13.9. The van der Waals surface area contributed by atoms with Crippen molar-refractivity contribution in [3.63, 3.8) is 0 Å². The molecule has 0 aliphatic carbocycles. The van der Waals surface area contributed by atoms with E-state index in [1.807, 2.05) is 44.7 Å². The molecule has 0 bridgehead atoms. The molecule has 1 amide bonds. The van der Waals surface area contributed by atoms with Gasteiger partial charge in [0.15, 0.2) is 5.83 Å². The Bertz CT molecular complexity index is 1640. The highest BCUT2D eigenvalue weighted by Gasteiger charge is 2.52. The summed E-state index contributed by atoms with van der Waals surface area (Å²) < 4.78 is 39.0. The summed E-state index contributed by atoms with van der Waals surface area (Å²) in [5.74, 6) is -1.30. The first-order chi connectivity index (χ1) is 20.9. The van der Waals surface area contributed by atoms with Gasteiger partial charge >= 0.3 is 13.1 Å². The topological polar surface area (TPSA) is 117 Å². The average Bonchev–Trinajstić information content (AvgIpc) is 3.68. The van der Waals surface area contributed by atoms with E-state index in [-0.39, 0.29) is 31.6 Å². The normalized spacial score (nSPS) is 23.4. The van der Waals surface area contributed by atoms with Crippen LogP contribution < -0.4 is 15.1 Å². The number of amides is 1. The molecule has 3 aliphatic heterocycles. The van der Waals surface area contributed by atoms with E-state index in [0.29, 0.717) is 35.5 Å². The number of hydrogen-bond acceptors (Lipinski definition) is 10. The van der Waals surface area contributed by atoms with Crippen molar-refractivity contribution in [1.82, 2.24) is 19.8 Å². The third kappa shape index (κ3) is 5.29. The minimum Gasteiger partial charge on any atom is -0.464 e. The summed E-state index contributed by atoms with van der Waals surface area (Å²) in [6, 6.07) is 5.86. The maximum atomic E-state index is 13.9. The van der Waals surface area contributed by atoms with Crippen LogP contribution in [0.5, 0.6) is 6.01 Å². The summed E-state index contributed by atoms with van der Waals surface area (Å²) >= 11 is 0. The van der Waals surface area contributed by atoms with Gasteiger partial charge in [-0.2, -0.15) is 15.2 Å². The van der Waals surface area contributed by atoms with Crippen LogP contribution in [0, 0.1) is 11.3 Å². The highest BCUT2D eigenvalue weighted by Crippen LogP contribution is 2.39. The molecule has 3 aromatic rings. The van der Waals surface area contributed by atoms with Crippen LogP contribution in [0.15, 0.2) is 35.2 Å². The molecule has 11 nitrogen and oxygen atoms in total. The predicted octanol–water partition coefficient (Wildman–Crippen LogP) is 3.56. The average molecular weight is 604 g/mol. The molecule has 6 rings (SSSR count). The van der Waals surface area contributed by atoms with Gasteiger partial charge in [0, 0.05) is 31.1 Å². The predicted molar refractivity (Wildman–Crippen MR) is 164 cm³/mol. The fourth-order valence-corrected chi connectivity index (χ4v) is 6.29. The van der Waals surface area contributed by atoms with Crippen LogP contribution in [0.3, 0.4) is 0 Å². The Morgan fingerprint density at radius 3 is 2.61 bits per heavy atom. The number of likely N-dealkylation sites (tertiary alicyclic amines) is 1. The molecule has 3 saturated heterocycles. The summed E-state index contributed by atoms with van der Waals surface area (Å²) in [5, 5.41) is 11.0. The fraction of sp³-hybridized carbons (Fsp3) is 0.548. The third-order valence-electron chi connectivity index (χ3n) is 9.58. The number of benzene rings is 1. The second-order valence-corrected chi connectivity index (χ2v) is 12.9. The molecule has 0 N–H and O–H groups in total. The molecule has 0 spiro atoms. The number of ether oxygens (including phenoxy) is 1. The van der Waals surface area contributed by atoms with Crippen molar-refractivity contribution in [2.75, 3.05) is 44.7 Å². The molecule has 232 valence electrons. The highest BCUT2D eigenvalue weighted by molar-refractivity contribution is 6.65. The van der Waals surface area contributed by atoms with Gasteiger partial charge in [-0.3, -0.25) is 4.79 Å². The second-order valence-electron chi connectivity index (χ2n) is 12.9. The zero-order valence-electron chi connectivity index (χ0n) is 25.9. The van der Waals surface area contributed by atoms with Crippen molar-refractivity contribution < 1.29 is 27.6 Å². The summed E-state index contributed by atoms with van der Waals surface area (Å²) in [4.78, 5) is 27.9. The number of piperazine rings is 1. The molecule has 44 heavy (non-hydrogen) atoms. The molecule has 0 saturated carbocycles. The lowest BCUT2D eigenvalue weighted by Gasteiger charge is -2.41. The van der Waals surface area contributed by atoms with Crippen LogP contribution in [0.4, 0.5) is 10.2 Å². The molecule has 5 heterocycles. The SMILES string of the molecule is C=C(F)C(=O)N1CCN(c2nc(OC[C@@H]3CCCN3C)nc3cc(B4OC(C)(C)C(C)(C)O4)c4ccoc4c23)C[C@@H]1CC#N. The van der Waals surface area contributed by atoms with Crippen LogP contribution >= 0.6 is 0 Å². The van der Waals surface area contributed by atoms with E-state index in [0.717, 1.165) is 30.2 Å². The van der Waals surface area contributed by atoms with Gasteiger partial charge in [0.05, 0.1) is 46.9 Å². The number of halogens is 1. The van der Waals surface area contributed by atoms with Gasteiger partial charge in [-0.25, -0.2) is 4.39 Å². The number of nitrogens with zero attached hydrogens (tertiary/aromatic N) is 6. The number of fused-ring (bicyclic) bond motifs is 3. The largest absolute Gasteiger partial charge is 0.495 e. The minimum atomic E-state index is -1.05. The van der Waals surface area contributed by atoms with Crippen LogP contribution in [-0.4, -0.2) is 95.9 Å². The van der Waals surface area contributed by atoms with Crippen molar-refractivity contribution in [3.05, 3.63) is 30.8 Å². The van der Waals surface area contributed by atoms with E-state index >= 15 is 0 Å². The van der Waals surface area contributed by atoms with Crippen LogP contribution in [-0.2, 0) is 14.1 Å². The van der Waals surface area contributed by atoms with Gasteiger partial charge in [-0.15, -0.1) is 0 Å². The van der Waals surface area contributed by atoms with E-state index in [9.17, 15) is 14.4 Å². The van der Waals surface area contributed by atoms with Gasteiger partial charge in [0.25, 0.3) is 5.91 Å². The van der Waals surface area contributed by atoms with E-state index < -0.39 is 36.1 Å². The lowest BCUT2D eigenvalue weighted by atomic mass is 9.76. The molecule has 0 radical (unpaired) electrons. The van der Waals surface area contributed by atoms with E-state index in [1.54, 1.807) is 6.26 Å². The van der Waals surface area contributed by atoms with Gasteiger partial charge in [-0.05, 0) is 71.7 Å². The fourth-order valence-electron chi connectivity index (χ4n) is 6.29. The third-order valence-corrected chi connectivity index (χ3v) is 9.58. The number of anilines is 1. The number of carbonyl (C=O) groups excluding carboxylic acids is 1. The molecule has 1 aromatic carbocycles. The molecule has 0 unspecified atom stereocenters. The standard InChI is InChI=1S/C31H38BFN6O5/c1-19(33)28(40)39-14-13-38(17-20(39)9-11-34)27-25-24(35-29(36-27)42-18-21-8-7-12-37(21)6)16-23(22-10-15-41-26(22)25)32-43-30(2,3)31(4,5)44-32/h10,15-16,20-21H,1,7-9,12-14,17-18H2,2-6H3/t20-,21-/m0/s1.